The van der Waals surface area contributed by atoms with Crippen LogP contribution in [0, 0.1) is 0 Å². The van der Waals surface area contributed by atoms with Crippen LogP contribution < -0.4 is 4.74 Å². The molecule has 0 saturated heterocycles. The van der Waals surface area contributed by atoms with E-state index in [4.69, 9.17) is 4.74 Å². The summed E-state index contributed by atoms with van der Waals surface area (Å²) in [6.45, 7) is 0. The molecule has 68 valence electrons. The zero-order valence-electron chi connectivity index (χ0n) is 6.87. The van der Waals surface area contributed by atoms with Gasteiger partial charge in [-0.2, -0.15) is 0 Å². The van der Waals surface area contributed by atoms with E-state index in [1.54, 1.807) is 24.5 Å². The summed E-state index contributed by atoms with van der Waals surface area (Å²) in [7, 11) is 1.54. The van der Waals surface area contributed by atoms with Gasteiger partial charge in [-0.3, -0.25) is 0 Å². The molecule has 0 radical (unpaired) electrons. The highest BCUT2D eigenvalue weighted by Crippen LogP contribution is 2.42. The lowest BCUT2D eigenvalue weighted by Crippen LogP contribution is -1.84. The maximum absolute atomic E-state index is 9.56. The number of fused-ring (bicyclic) bond motifs is 1. The summed E-state index contributed by atoms with van der Waals surface area (Å²) >= 11 is 5.01. The SMILES string of the molecule is COc1c(O)cc2ccsc2c1Br. The second-order valence-electron chi connectivity index (χ2n) is 2.58. The van der Waals surface area contributed by atoms with E-state index in [1.807, 2.05) is 11.4 Å². The molecule has 1 aromatic carbocycles. The van der Waals surface area contributed by atoms with E-state index >= 15 is 0 Å². The second-order valence-corrected chi connectivity index (χ2v) is 4.29. The molecule has 2 aromatic rings. The van der Waals surface area contributed by atoms with Crippen molar-refractivity contribution in [2.75, 3.05) is 7.11 Å². The van der Waals surface area contributed by atoms with Crippen molar-refractivity contribution in [1.82, 2.24) is 0 Å². The number of benzene rings is 1. The summed E-state index contributed by atoms with van der Waals surface area (Å²) in [6, 6.07) is 3.67. The van der Waals surface area contributed by atoms with Crippen LogP contribution in [-0.4, -0.2) is 12.2 Å². The van der Waals surface area contributed by atoms with Crippen molar-refractivity contribution in [1.29, 1.82) is 0 Å². The van der Waals surface area contributed by atoms with Gasteiger partial charge in [-0.15, -0.1) is 11.3 Å². The van der Waals surface area contributed by atoms with Crippen LogP contribution in [0.1, 0.15) is 0 Å². The van der Waals surface area contributed by atoms with Crippen molar-refractivity contribution < 1.29 is 9.84 Å². The Balaban J connectivity index is 2.85. The van der Waals surface area contributed by atoms with Crippen LogP contribution in [0.5, 0.6) is 11.5 Å². The molecule has 13 heavy (non-hydrogen) atoms. The molecule has 2 nitrogen and oxygen atoms in total. The van der Waals surface area contributed by atoms with E-state index < -0.39 is 0 Å². The number of rotatable bonds is 1. The predicted molar refractivity (Wildman–Crippen MR) is 57.7 cm³/mol. The molecule has 0 unspecified atom stereocenters. The van der Waals surface area contributed by atoms with Gasteiger partial charge in [0, 0.05) is 0 Å². The lowest BCUT2D eigenvalue weighted by Gasteiger charge is -2.06. The quantitative estimate of drug-likeness (QED) is 0.850. The fourth-order valence-corrected chi connectivity index (χ4v) is 2.92. The van der Waals surface area contributed by atoms with Gasteiger partial charge in [0.05, 0.1) is 16.3 Å². The molecule has 0 amide bonds. The Morgan fingerprint density at radius 1 is 1.54 bits per heavy atom. The topological polar surface area (TPSA) is 29.5 Å². The Labute approximate surface area is 87.9 Å². The molecule has 0 fully saturated rings. The zero-order valence-corrected chi connectivity index (χ0v) is 9.28. The number of ether oxygens (including phenoxy) is 1. The molecule has 0 spiro atoms. The number of methoxy groups -OCH3 is 1. The van der Waals surface area contributed by atoms with E-state index in [0.717, 1.165) is 14.6 Å². The third kappa shape index (κ3) is 1.30. The van der Waals surface area contributed by atoms with E-state index in [2.05, 4.69) is 15.9 Å². The van der Waals surface area contributed by atoms with Crippen molar-refractivity contribution in [2.24, 2.45) is 0 Å². The molecule has 0 atom stereocenters. The van der Waals surface area contributed by atoms with Crippen molar-refractivity contribution >= 4 is 37.4 Å². The van der Waals surface area contributed by atoms with Gasteiger partial charge in [0.15, 0.2) is 11.5 Å². The van der Waals surface area contributed by atoms with E-state index in [1.165, 1.54) is 0 Å². The van der Waals surface area contributed by atoms with Crippen molar-refractivity contribution in [3.05, 3.63) is 22.0 Å². The smallest absolute Gasteiger partial charge is 0.176 e. The molecule has 0 aliphatic carbocycles. The average Bonchev–Trinajstić information content (AvgIpc) is 2.53. The Bertz CT molecular complexity index is 450. The average molecular weight is 259 g/mol. The first-order valence-corrected chi connectivity index (χ1v) is 5.34. The number of aromatic hydroxyl groups is 1. The summed E-state index contributed by atoms with van der Waals surface area (Å²) in [4.78, 5) is 0. The van der Waals surface area contributed by atoms with Gasteiger partial charge in [0.2, 0.25) is 0 Å². The number of phenols is 1. The molecule has 1 N–H and O–H groups in total. The molecule has 4 heteroatoms. The molecule has 0 aliphatic rings. The Hall–Kier alpha value is -0.740. The van der Waals surface area contributed by atoms with Crippen LogP contribution in [0.4, 0.5) is 0 Å². The van der Waals surface area contributed by atoms with Gasteiger partial charge >= 0.3 is 0 Å². The first-order valence-electron chi connectivity index (χ1n) is 3.66. The Morgan fingerprint density at radius 3 is 3.00 bits per heavy atom. The standard InChI is InChI=1S/C9H7BrO2S/c1-12-8-6(11)4-5-2-3-13-9(5)7(8)10/h2-4,11H,1H3. The molecule has 2 rings (SSSR count). The summed E-state index contributed by atoms with van der Waals surface area (Å²) in [5.74, 6) is 0.662. The Kier molecular flexibility index (Phi) is 2.17. The highest BCUT2D eigenvalue weighted by Gasteiger charge is 2.11. The molecule has 0 aliphatic heterocycles. The maximum Gasteiger partial charge on any atom is 0.176 e. The van der Waals surface area contributed by atoms with Gasteiger partial charge in [-0.25, -0.2) is 0 Å². The second kappa shape index (κ2) is 3.20. The van der Waals surface area contributed by atoms with E-state index in [9.17, 15) is 5.11 Å². The van der Waals surface area contributed by atoms with E-state index in [-0.39, 0.29) is 5.75 Å². The number of thiophene rings is 1. The summed E-state index contributed by atoms with van der Waals surface area (Å²) in [5.41, 5.74) is 0. The van der Waals surface area contributed by atoms with Crippen LogP contribution in [0.2, 0.25) is 0 Å². The first kappa shape index (κ1) is 8.84. The molecular formula is C9H7BrO2S. The molecule has 0 saturated carbocycles. The minimum Gasteiger partial charge on any atom is -0.504 e. The van der Waals surface area contributed by atoms with Gasteiger partial charge in [0.25, 0.3) is 0 Å². The third-order valence-corrected chi connectivity index (χ3v) is 3.79. The highest BCUT2D eigenvalue weighted by molar-refractivity contribution is 9.10. The van der Waals surface area contributed by atoms with Crippen molar-refractivity contribution in [3.8, 4) is 11.5 Å². The lowest BCUT2D eigenvalue weighted by atomic mass is 10.2. The van der Waals surface area contributed by atoms with Crippen LogP contribution in [0.25, 0.3) is 10.1 Å². The van der Waals surface area contributed by atoms with Crippen LogP contribution in [-0.2, 0) is 0 Å². The van der Waals surface area contributed by atoms with Gasteiger partial charge in [-0.05, 0) is 38.8 Å². The monoisotopic (exact) mass is 258 g/mol. The summed E-state index contributed by atoms with van der Waals surface area (Å²) in [6.07, 6.45) is 0. The van der Waals surface area contributed by atoms with Crippen LogP contribution in [0.15, 0.2) is 22.0 Å². The number of halogens is 1. The normalized spacial score (nSPS) is 10.6. The van der Waals surface area contributed by atoms with Gasteiger partial charge in [0.1, 0.15) is 0 Å². The van der Waals surface area contributed by atoms with Gasteiger partial charge in [-0.1, -0.05) is 0 Å². The third-order valence-electron chi connectivity index (χ3n) is 1.82. The van der Waals surface area contributed by atoms with Crippen molar-refractivity contribution in [2.45, 2.75) is 0 Å². The number of phenolic OH excluding ortho intramolecular Hbond substituents is 1. The molecule has 0 bridgehead atoms. The van der Waals surface area contributed by atoms with Crippen LogP contribution in [0.3, 0.4) is 0 Å². The lowest BCUT2D eigenvalue weighted by molar-refractivity contribution is 0.372. The number of hydrogen-bond acceptors (Lipinski definition) is 3. The van der Waals surface area contributed by atoms with Gasteiger partial charge < -0.3 is 9.84 Å². The minimum atomic E-state index is 0.167. The minimum absolute atomic E-state index is 0.167. The van der Waals surface area contributed by atoms with Crippen molar-refractivity contribution in [3.63, 3.8) is 0 Å². The van der Waals surface area contributed by atoms with E-state index in [0.29, 0.717) is 5.75 Å². The fourth-order valence-electron chi connectivity index (χ4n) is 1.23. The Morgan fingerprint density at radius 2 is 2.31 bits per heavy atom. The summed E-state index contributed by atoms with van der Waals surface area (Å²) < 4.78 is 6.97. The fraction of sp³-hybridized carbons (Fsp3) is 0.111. The molecular weight excluding hydrogens is 252 g/mol. The predicted octanol–water partition coefficient (Wildman–Crippen LogP) is 3.38. The highest BCUT2D eigenvalue weighted by atomic mass is 79.9. The molecule has 1 heterocycles. The maximum atomic E-state index is 9.56. The number of hydrogen-bond donors (Lipinski definition) is 1. The first-order chi connectivity index (χ1) is 6.24. The summed E-state index contributed by atoms with van der Waals surface area (Å²) in [5, 5.41) is 12.6. The molecule has 1 aromatic heterocycles. The zero-order chi connectivity index (χ0) is 9.42. The largest absolute Gasteiger partial charge is 0.504 e. The van der Waals surface area contributed by atoms with Crippen LogP contribution >= 0.6 is 27.3 Å².